The lowest BCUT2D eigenvalue weighted by Gasteiger charge is -2.15. The summed E-state index contributed by atoms with van der Waals surface area (Å²) in [5, 5.41) is 9.58. The van der Waals surface area contributed by atoms with Crippen LogP contribution in [0, 0.1) is 0 Å². The summed E-state index contributed by atoms with van der Waals surface area (Å²) in [5.41, 5.74) is -0.965. The number of ether oxygens (including phenoxy) is 1. The maximum Gasteiger partial charge on any atom is 0.327 e. The highest BCUT2D eigenvalue weighted by molar-refractivity contribution is 7.17. The second kappa shape index (κ2) is 6.59. The highest BCUT2D eigenvalue weighted by Crippen LogP contribution is 2.17. The number of carbonyl (C=O) groups is 1. The molecule has 0 aromatic heterocycles. The Balaban J connectivity index is 2.57. The number of hydrogen-bond donors (Lipinski definition) is 1. The van der Waals surface area contributed by atoms with Gasteiger partial charge in [0.05, 0.1) is 6.61 Å². The van der Waals surface area contributed by atoms with Crippen LogP contribution < -0.4 is 4.74 Å². The third-order valence-corrected chi connectivity index (χ3v) is 2.46. The molecule has 1 aromatic carbocycles. The first kappa shape index (κ1) is 14.8. The van der Waals surface area contributed by atoms with Crippen LogP contribution >= 0.6 is 8.69 Å². The number of aliphatic hydroxyl groups is 1. The normalized spacial score (nSPS) is 11.5. The predicted octanol–water partition coefficient (Wildman–Crippen LogP) is 2.24. The lowest BCUT2D eigenvalue weighted by atomic mass is 9.97. The van der Waals surface area contributed by atoms with Crippen LogP contribution in [0.1, 0.15) is 24.2 Å². The van der Waals surface area contributed by atoms with E-state index in [1.54, 1.807) is 24.3 Å². The van der Waals surface area contributed by atoms with Crippen molar-refractivity contribution in [2.45, 2.75) is 19.4 Å². The SMILES string of the molecule is CC(C)(O)C(=O)c1ccc(OCCOP=O)cc1. The zero-order chi connectivity index (χ0) is 13.6. The summed E-state index contributed by atoms with van der Waals surface area (Å²) < 4.78 is 19.8. The van der Waals surface area contributed by atoms with Gasteiger partial charge < -0.3 is 9.84 Å². The van der Waals surface area contributed by atoms with E-state index in [2.05, 4.69) is 4.52 Å². The minimum atomic E-state index is -1.39. The largest absolute Gasteiger partial charge is 0.491 e. The van der Waals surface area contributed by atoms with Crippen molar-refractivity contribution in [3.63, 3.8) is 0 Å². The Morgan fingerprint density at radius 2 is 1.89 bits per heavy atom. The van der Waals surface area contributed by atoms with Gasteiger partial charge in [0, 0.05) is 5.56 Å². The number of rotatable bonds is 7. The summed E-state index contributed by atoms with van der Waals surface area (Å²) in [7, 11) is -0.373. The van der Waals surface area contributed by atoms with Crippen LogP contribution in [-0.4, -0.2) is 29.7 Å². The monoisotopic (exact) mass is 270 g/mol. The fourth-order valence-corrected chi connectivity index (χ4v) is 1.44. The molecule has 0 fully saturated rings. The zero-order valence-corrected chi connectivity index (χ0v) is 11.1. The van der Waals surface area contributed by atoms with Crippen LogP contribution in [-0.2, 0) is 9.09 Å². The molecule has 18 heavy (non-hydrogen) atoms. The van der Waals surface area contributed by atoms with Crippen molar-refractivity contribution in [1.82, 2.24) is 0 Å². The quantitative estimate of drug-likeness (QED) is 0.467. The van der Waals surface area contributed by atoms with Gasteiger partial charge in [0.2, 0.25) is 0 Å². The summed E-state index contributed by atoms with van der Waals surface area (Å²) in [4.78, 5) is 11.7. The molecule has 1 aromatic rings. The van der Waals surface area contributed by atoms with Crippen molar-refractivity contribution >= 4 is 14.5 Å². The minimum absolute atomic E-state index is 0.218. The number of hydrogen-bond acceptors (Lipinski definition) is 5. The summed E-state index contributed by atoms with van der Waals surface area (Å²) in [6.45, 7) is 3.38. The molecule has 6 heteroatoms. The van der Waals surface area contributed by atoms with Crippen molar-refractivity contribution in [3.05, 3.63) is 29.8 Å². The van der Waals surface area contributed by atoms with Crippen molar-refractivity contribution in [3.8, 4) is 5.75 Å². The molecule has 0 atom stereocenters. The highest BCUT2D eigenvalue weighted by Gasteiger charge is 2.24. The van der Waals surface area contributed by atoms with Gasteiger partial charge in [-0.05, 0) is 38.1 Å². The molecule has 0 saturated heterocycles. The molecule has 5 nitrogen and oxygen atoms in total. The molecule has 1 rings (SSSR count). The van der Waals surface area contributed by atoms with Crippen molar-refractivity contribution in [1.29, 1.82) is 0 Å². The van der Waals surface area contributed by atoms with E-state index >= 15 is 0 Å². The Labute approximate surface area is 107 Å². The molecule has 0 aliphatic carbocycles. The predicted molar refractivity (Wildman–Crippen MR) is 66.1 cm³/mol. The van der Waals surface area contributed by atoms with E-state index in [0.717, 1.165) is 0 Å². The van der Waals surface area contributed by atoms with Gasteiger partial charge in [-0.2, -0.15) is 0 Å². The van der Waals surface area contributed by atoms with Crippen molar-refractivity contribution < 1.29 is 23.7 Å². The molecular formula is C12H15O5P. The second-order valence-corrected chi connectivity index (χ2v) is 4.58. The Kier molecular flexibility index (Phi) is 5.41. The molecule has 1 N–H and O–H groups in total. The van der Waals surface area contributed by atoms with E-state index in [1.165, 1.54) is 13.8 Å². The Bertz CT molecular complexity index is 407. The van der Waals surface area contributed by atoms with Gasteiger partial charge in [-0.15, -0.1) is 0 Å². The number of carbonyl (C=O) groups excluding carboxylic acids is 1. The average Bonchev–Trinajstić information content (AvgIpc) is 2.33. The molecule has 0 aliphatic heterocycles. The van der Waals surface area contributed by atoms with Gasteiger partial charge in [0.1, 0.15) is 18.0 Å². The second-order valence-electron chi connectivity index (χ2n) is 4.17. The van der Waals surface area contributed by atoms with Crippen LogP contribution in [0.4, 0.5) is 0 Å². The standard InChI is InChI=1S/C12H15O5P/c1-12(2,14)11(13)9-3-5-10(6-4-9)16-7-8-17-18-15/h3-6,14H,7-8H2,1-2H3. The van der Waals surface area contributed by atoms with Gasteiger partial charge in [0.15, 0.2) is 5.78 Å². The topological polar surface area (TPSA) is 72.8 Å². The maximum absolute atomic E-state index is 11.7. The first-order valence-corrected chi connectivity index (χ1v) is 6.13. The Hall–Kier alpha value is -1.29. The molecule has 0 aliphatic rings. The Morgan fingerprint density at radius 1 is 1.28 bits per heavy atom. The lowest BCUT2D eigenvalue weighted by molar-refractivity contribution is 0.0488. The fraction of sp³-hybridized carbons (Fsp3) is 0.417. The average molecular weight is 270 g/mol. The molecule has 0 saturated carbocycles. The summed E-state index contributed by atoms with van der Waals surface area (Å²) in [6, 6.07) is 6.44. The lowest BCUT2D eigenvalue weighted by Crippen LogP contribution is -2.30. The van der Waals surface area contributed by atoms with E-state index in [0.29, 0.717) is 11.3 Å². The number of Topliss-reactive ketones (excluding diaryl/α,β-unsaturated/α-hetero) is 1. The number of benzene rings is 1. The molecule has 0 heterocycles. The smallest absolute Gasteiger partial charge is 0.327 e. The third-order valence-electron chi connectivity index (χ3n) is 2.17. The summed E-state index contributed by atoms with van der Waals surface area (Å²) in [6.07, 6.45) is 0. The Morgan fingerprint density at radius 3 is 2.39 bits per heavy atom. The van der Waals surface area contributed by atoms with E-state index < -0.39 is 5.60 Å². The first-order valence-electron chi connectivity index (χ1n) is 5.40. The highest BCUT2D eigenvalue weighted by atomic mass is 31.1. The van der Waals surface area contributed by atoms with Crippen molar-refractivity contribution in [2.24, 2.45) is 0 Å². The van der Waals surface area contributed by atoms with Crippen LogP contribution in [0.5, 0.6) is 5.75 Å². The van der Waals surface area contributed by atoms with Gasteiger partial charge in [0.25, 0.3) is 0 Å². The first-order chi connectivity index (χ1) is 8.45. The van der Waals surface area contributed by atoms with Crippen molar-refractivity contribution in [2.75, 3.05) is 13.2 Å². The minimum Gasteiger partial charge on any atom is -0.491 e. The van der Waals surface area contributed by atoms with E-state index in [9.17, 15) is 14.5 Å². The summed E-state index contributed by atoms with van der Waals surface area (Å²) in [5.74, 6) is 0.232. The molecule has 0 bridgehead atoms. The molecular weight excluding hydrogens is 255 g/mol. The zero-order valence-electron chi connectivity index (χ0n) is 10.3. The van der Waals surface area contributed by atoms with E-state index in [1.807, 2.05) is 0 Å². The van der Waals surface area contributed by atoms with Gasteiger partial charge in [-0.25, -0.2) is 4.57 Å². The van der Waals surface area contributed by atoms with Gasteiger partial charge in [-0.1, -0.05) is 0 Å². The molecule has 0 amide bonds. The molecule has 0 radical (unpaired) electrons. The fourth-order valence-electron chi connectivity index (χ4n) is 1.29. The van der Waals surface area contributed by atoms with Crippen LogP contribution in [0.3, 0.4) is 0 Å². The van der Waals surface area contributed by atoms with E-state index in [-0.39, 0.29) is 27.7 Å². The maximum atomic E-state index is 11.7. The molecule has 98 valence electrons. The molecule has 0 unspecified atom stereocenters. The van der Waals surface area contributed by atoms with Crippen LogP contribution in [0.25, 0.3) is 0 Å². The van der Waals surface area contributed by atoms with Gasteiger partial charge in [-0.3, -0.25) is 9.32 Å². The van der Waals surface area contributed by atoms with E-state index in [4.69, 9.17) is 4.74 Å². The van der Waals surface area contributed by atoms with Crippen LogP contribution in [0.15, 0.2) is 24.3 Å². The third kappa shape index (κ3) is 4.53. The van der Waals surface area contributed by atoms with Gasteiger partial charge >= 0.3 is 8.69 Å². The number of ketones is 1. The molecule has 0 spiro atoms. The summed E-state index contributed by atoms with van der Waals surface area (Å²) >= 11 is 0. The van der Waals surface area contributed by atoms with Crippen LogP contribution in [0.2, 0.25) is 0 Å².